The van der Waals surface area contributed by atoms with E-state index in [2.05, 4.69) is 12.1 Å². The molecule has 0 saturated heterocycles. The van der Waals surface area contributed by atoms with Gasteiger partial charge in [0, 0.05) is 12.0 Å². The number of hydrogen-bond acceptors (Lipinski definition) is 3. The van der Waals surface area contributed by atoms with Gasteiger partial charge in [-0.15, -0.1) is 0 Å². The summed E-state index contributed by atoms with van der Waals surface area (Å²) in [7, 11) is 0. The Morgan fingerprint density at radius 1 is 0.625 bits per heavy atom. The van der Waals surface area contributed by atoms with Crippen LogP contribution in [-0.4, -0.2) is 5.78 Å². The van der Waals surface area contributed by atoms with Crippen molar-refractivity contribution in [1.29, 1.82) is 0 Å². The van der Waals surface area contributed by atoms with Gasteiger partial charge in [-0.05, 0) is 35.7 Å². The van der Waals surface area contributed by atoms with E-state index in [1.165, 1.54) is 0 Å². The van der Waals surface area contributed by atoms with Crippen molar-refractivity contribution in [3.63, 3.8) is 0 Å². The summed E-state index contributed by atoms with van der Waals surface area (Å²) in [6.07, 6.45) is 0.607. The van der Waals surface area contributed by atoms with Gasteiger partial charge in [-0.3, -0.25) is 4.79 Å². The molecule has 0 atom stereocenters. The third kappa shape index (κ3) is 5.44. The monoisotopic (exact) mass is 422 g/mol. The first kappa shape index (κ1) is 21.4. The number of Topliss-reactive ketones (excluding diaryl/α,β-unsaturated/α-hetero) is 1. The van der Waals surface area contributed by atoms with Gasteiger partial charge in [0.2, 0.25) is 0 Å². The Morgan fingerprint density at radius 2 is 1.12 bits per heavy atom. The van der Waals surface area contributed by atoms with E-state index in [9.17, 15) is 4.79 Å². The highest BCUT2D eigenvalue weighted by Crippen LogP contribution is 2.36. The Labute approximate surface area is 189 Å². The summed E-state index contributed by atoms with van der Waals surface area (Å²) in [4.78, 5) is 12.5. The molecule has 0 spiro atoms. The zero-order valence-corrected chi connectivity index (χ0v) is 18.2. The van der Waals surface area contributed by atoms with Crippen LogP contribution in [0.1, 0.15) is 39.5 Å². The van der Waals surface area contributed by atoms with E-state index < -0.39 is 0 Å². The Balaban J connectivity index is 1.71. The highest BCUT2D eigenvalue weighted by Gasteiger charge is 2.19. The lowest BCUT2D eigenvalue weighted by Gasteiger charge is -2.19. The standard InChI is InChI=1S/C29H26O3/c1-22(30)26-17-18-28(31-20-24-13-7-3-8-14-24)27(19-23-11-5-2-6-12-23)29(26)32-21-25-15-9-4-10-16-25/h2-18H,19-21H2,1H3. The Bertz CT molecular complexity index is 1150. The third-order valence-electron chi connectivity index (χ3n) is 5.28. The molecule has 0 radical (unpaired) electrons. The quantitative estimate of drug-likeness (QED) is 0.284. The van der Waals surface area contributed by atoms with E-state index in [-0.39, 0.29) is 5.78 Å². The van der Waals surface area contributed by atoms with Crippen LogP contribution in [0.15, 0.2) is 103 Å². The minimum absolute atomic E-state index is 0.0306. The van der Waals surface area contributed by atoms with Crippen LogP contribution in [0.5, 0.6) is 11.5 Å². The second kappa shape index (κ2) is 10.5. The van der Waals surface area contributed by atoms with E-state index in [0.29, 0.717) is 30.9 Å². The Morgan fingerprint density at radius 3 is 1.66 bits per heavy atom. The van der Waals surface area contributed by atoms with Crippen LogP contribution >= 0.6 is 0 Å². The summed E-state index contributed by atoms with van der Waals surface area (Å²) < 4.78 is 12.5. The number of hydrogen-bond donors (Lipinski definition) is 0. The number of carbonyl (C=O) groups is 1. The lowest BCUT2D eigenvalue weighted by atomic mass is 9.98. The van der Waals surface area contributed by atoms with Crippen molar-refractivity contribution in [2.24, 2.45) is 0 Å². The maximum atomic E-state index is 12.5. The summed E-state index contributed by atoms with van der Waals surface area (Å²) in [6.45, 7) is 2.40. The highest BCUT2D eigenvalue weighted by molar-refractivity contribution is 5.97. The molecule has 0 N–H and O–H groups in total. The fourth-order valence-corrected chi connectivity index (χ4v) is 3.62. The molecule has 0 aliphatic rings. The maximum absolute atomic E-state index is 12.5. The average molecular weight is 423 g/mol. The lowest BCUT2D eigenvalue weighted by molar-refractivity contribution is 0.101. The first-order chi connectivity index (χ1) is 15.7. The largest absolute Gasteiger partial charge is 0.488 e. The van der Waals surface area contributed by atoms with Gasteiger partial charge in [0.15, 0.2) is 5.78 Å². The van der Waals surface area contributed by atoms with Gasteiger partial charge in [-0.25, -0.2) is 0 Å². The molecule has 4 rings (SSSR count). The van der Waals surface area contributed by atoms with E-state index in [1.807, 2.05) is 84.9 Å². The molecule has 4 aromatic carbocycles. The van der Waals surface area contributed by atoms with Gasteiger partial charge in [0.1, 0.15) is 24.7 Å². The molecule has 0 heterocycles. The Hall–Kier alpha value is -3.85. The molecule has 4 aromatic rings. The van der Waals surface area contributed by atoms with Crippen molar-refractivity contribution in [3.8, 4) is 11.5 Å². The number of ether oxygens (including phenoxy) is 2. The van der Waals surface area contributed by atoms with Gasteiger partial charge in [-0.1, -0.05) is 91.0 Å². The lowest BCUT2D eigenvalue weighted by Crippen LogP contribution is -2.08. The molecule has 0 aromatic heterocycles. The molecule has 0 fully saturated rings. The summed E-state index contributed by atoms with van der Waals surface area (Å²) in [6, 6.07) is 33.9. The molecule has 0 aliphatic carbocycles. The molecule has 0 amide bonds. The van der Waals surface area contributed by atoms with Crippen molar-refractivity contribution < 1.29 is 14.3 Å². The van der Waals surface area contributed by atoms with E-state index in [0.717, 1.165) is 28.0 Å². The van der Waals surface area contributed by atoms with Crippen molar-refractivity contribution in [2.75, 3.05) is 0 Å². The highest BCUT2D eigenvalue weighted by atomic mass is 16.5. The zero-order valence-electron chi connectivity index (χ0n) is 18.2. The van der Waals surface area contributed by atoms with Crippen LogP contribution in [0.4, 0.5) is 0 Å². The molecule has 3 heteroatoms. The van der Waals surface area contributed by atoms with Crippen LogP contribution in [-0.2, 0) is 19.6 Å². The molecule has 0 aliphatic heterocycles. The second-order valence-electron chi connectivity index (χ2n) is 7.69. The number of benzene rings is 4. The fraction of sp³-hybridized carbons (Fsp3) is 0.138. The minimum Gasteiger partial charge on any atom is -0.488 e. The van der Waals surface area contributed by atoms with Crippen LogP contribution < -0.4 is 9.47 Å². The van der Waals surface area contributed by atoms with Crippen molar-refractivity contribution in [1.82, 2.24) is 0 Å². The maximum Gasteiger partial charge on any atom is 0.163 e. The molecule has 32 heavy (non-hydrogen) atoms. The van der Waals surface area contributed by atoms with E-state index in [1.54, 1.807) is 13.0 Å². The second-order valence-corrected chi connectivity index (χ2v) is 7.69. The summed E-state index contributed by atoms with van der Waals surface area (Å²) in [5.41, 5.74) is 4.71. The van der Waals surface area contributed by atoms with Crippen LogP contribution in [0.25, 0.3) is 0 Å². The number of ketones is 1. The molecule has 0 unspecified atom stereocenters. The van der Waals surface area contributed by atoms with Gasteiger partial charge in [-0.2, -0.15) is 0 Å². The third-order valence-corrected chi connectivity index (χ3v) is 5.28. The van der Waals surface area contributed by atoms with Crippen LogP contribution in [0, 0.1) is 0 Å². The van der Waals surface area contributed by atoms with E-state index in [4.69, 9.17) is 9.47 Å². The molecule has 0 saturated carbocycles. The summed E-state index contributed by atoms with van der Waals surface area (Å²) in [5.74, 6) is 1.29. The fourth-order valence-electron chi connectivity index (χ4n) is 3.62. The predicted molar refractivity (Wildman–Crippen MR) is 127 cm³/mol. The van der Waals surface area contributed by atoms with Gasteiger partial charge >= 0.3 is 0 Å². The molecule has 160 valence electrons. The molecule has 3 nitrogen and oxygen atoms in total. The minimum atomic E-state index is -0.0306. The normalized spacial score (nSPS) is 10.5. The number of rotatable bonds is 9. The molecular weight excluding hydrogens is 396 g/mol. The Kier molecular flexibility index (Phi) is 6.98. The van der Waals surface area contributed by atoms with Crippen molar-refractivity contribution >= 4 is 5.78 Å². The first-order valence-corrected chi connectivity index (χ1v) is 10.7. The molecule has 0 bridgehead atoms. The predicted octanol–water partition coefficient (Wildman–Crippen LogP) is 6.64. The van der Waals surface area contributed by atoms with Crippen LogP contribution in [0.3, 0.4) is 0 Å². The van der Waals surface area contributed by atoms with Crippen LogP contribution in [0.2, 0.25) is 0 Å². The zero-order chi connectivity index (χ0) is 22.2. The van der Waals surface area contributed by atoms with Crippen molar-refractivity contribution in [3.05, 3.63) is 131 Å². The van der Waals surface area contributed by atoms with Crippen molar-refractivity contribution in [2.45, 2.75) is 26.6 Å². The van der Waals surface area contributed by atoms with E-state index >= 15 is 0 Å². The SMILES string of the molecule is CC(=O)c1ccc(OCc2ccccc2)c(Cc2ccccc2)c1OCc1ccccc1. The molecular formula is C29H26O3. The first-order valence-electron chi connectivity index (χ1n) is 10.7. The van der Waals surface area contributed by atoms with Gasteiger partial charge < -0.3 is 9.47 Å². The number of carbonyl (C=O) groups excluding carboxylic acids is 1. The average Bonchev–Trinajstić information content (AvgIpc) is 2.84. The van der Waals surface area contributed by atoms with Gasteiger partial charge in [0.25, 0.3) is 0 Å². The van der Waals surface area contributed by atoms with Gasteiger partial charge in [0.05, 0.1) is 5.56 Å². The summed E-state index contributed by atoms with van der Waals surface area (Å²) >= 11 is 0. The smallest absolute Gasteiger partial charge is 0.163 e. The summed E-state index contributed by atoms with van der Waals surface area (Å²) in [5, 5.41) is 0. The topological polar surface area (TPSA) is 35.5 Å².